The minimum absolute atomic E-state index is 0.0216. The molecule has 0 bridgehead atoms. The number of imidazole rings is 1. The van der Waals surface area contributed by atoms with Crippen LogP contribution in [0.5, 0.6) is 0 Å². The summed E-state index contributed by atoms with van der Waals surface area (Å²) in [6, 6.07) is 7.83. The van der Waals surface area contributed by atoms with Gasteiger partial charge in [-0.1, -0.05) is 0 Å². The van der Waals surface area contributed by atoms with Gasteiger partial charge in [-0.2, -0.15) is 5.26 Å². The zero-order valence-electron chi connectivity index (χ0n) is 20.7. The van der Waals surface area contributed by atoms with E-state index in [0.29, 0.717) is 43.6 Å². The molecule has 1 amide bonds. The van der Waals surface area contributed by atoms with Crippen molar-refractivity contribution >= 4 is 34.1 Å². The molecule has 0 aliphatic carbocycles. The van der Waals surface area contributed by atoms with Crippen molar-refractivity contribution in [3.63, 3.8) is 0 Å². The van der Waals surface area contributed by atoms with Gasteiger partial charge in [0.05, 0.1) is 11.7 Å². The van der Waals surface area contributed by atoms with E-state index in [9.17, 15) is 10.1 Å². The number of hydrogen-bond donors (Lipinski definition) is 1. The number of nitriles is 1. The molecule has 186 valence electrons. The smallest absolute Gasteiger partial charge is 0.264 e. The normalized spacial score (nSPS) is 15.1. The number of carbonyl (C=O) groups excluding carboxylic acids is 1. The van der Waals surface area contributed by atoms with Crippen LogP contribution in [0.3, 0.4) is 0 Å². The van der Waals surface area contributed by atoms with Gasteiger partial charge in [-0.25, -0.2) is 9.97 Å². The van der Waals surface area contributed by atoms with Gasteiger partial charge in [-0.05, 0) is 45.1 Å². The molecule has 5 heterocycles. The summed E-state index contributed by atoms with van der Waals surface area (Å²) in [5, 5.41) is 10.6. The van der Waals surface area contributed by atoms with Crippen LogP contribution in [0.4, 0.5) is 0 Å². The summed E-state index contributed by atoms with van der Waals surface area (Å²) in [4.78, 5) is 28.9. The topological polar surface area (TPSA) is 116 Å². The van der Waals surface area contributed by atoms with Gasteiger partial charge >= 0.3 is 0 Å². The Morgan fingerprint density at radius 3 is 2.81 bits per heavy atom. The van der Waals surface area contributed by atoms with E-state index >= 15 is 0 Å². The molecular weight excluding hydrogens is 458 g/mol. The van der Waals surface area contributed by atoms with Crippen LogP contribution in [0.25, 0.3) is 39.7 Å². The van der Waals surface area contributed by atoms with Gasteiger partial charge in [0.15, 0.2) is 11.6 Å². The van der Waals surface area contributed by atoms with Crippen molar-refractivity contribution in [1.29, 1.82) is 5.26 Å². The Hall–Kier alpha value is -3.94. The number of nitrogens with zero attached hydrogens (tertiary/aromatic N) is 6. The predicted octanol–water partition coefficient (Wildman–Crippen LogP) is 3.45. The number of hydrogen-bond acceptors (Lipinski definition) is 7. The second-order valence-corrected chi connectivity index (χ2v) is 9.28. The minimum atomic E-state index is -0.340. The highest BCUT2D eigenvalue weighted by Gasteiger charge is 2.26. The van der Waals surface area contributed by atoms with Gasteiger partial charge in [-0.15, -0.1) is 0 Å². The Labute approximate surface area is 208 Å². The third kappa shape index (κ3) is 4.51. The molecule has 1 aliphatic rings. The van der Waals surface area contributed by atoms with Crippen molar-refractivity contribution in [1.82, 2.24) is 29.3 Å². The zero-order chi connectivity index (χ0) is 25.2. The van der Waals surface area contributed by atoms with Crippen LogP contribution >= 0.6 is 0 Å². The SMILES string of the molecule is CN(C)CCN(C)C(=O)/C(C#N)=C/c1ccc(-c2nc3cnc4[nH]ccc4c3n2C2CCOCC2)o1. The lowest BCUT2D eigenvalue weighted by Gasteiger charge is -2.25. The molecule has 0 saturated carbocycles. The standard InChI is InChI=1S/C26H29N7O3/c1-31(2)10-11-32(3)26(34)17(15-27)14-19-4-5-22(36-19)25-30-21-16-29-24-20(6-9-28-24)23(21)33(25)18-7-12-35-13-8-18/h4-6,9,14,16,18H,7-8,10-13H2,1-3H3,(H,28,29)/b17-14+. The fourth-order valence-corrected chi connectivity index (χ4v) is 4.56. The summed E-state index contributed by atoms with van der Waals surface area (Å²) < 4.78 is 14.0. The van der Waals surface area contributed by atoms with Crippen LogP contribution in [0, 0.1) is 11.3 Å². The molecule has 1 aliphatic heterocycles. The molecule has 10 nitrogen and oxygen atoms in total. The maximum absolute atomic E-state index is 12.8. The molecule has 0 unspecified atom stereocenters. The van der Waals surface area contributed by atoms with E-state index in [1.54, 1.807) is 24.2 Å². The van der Waals surface area contributed by atoms with Crippen molar-refractivity contribution in [3.05, 3.63) is 41.9 Å². The monoisotopic (exact) mass is 487 g/mol. The number of ether oxygens (including phenoxy) is 1. The quantitative estimate of drug-likeness (QED) is 0.313. The number of nitrogens with one attached hydrogen (secondary N) is 1. The summed E-state index contributed by atoms with van der Waals surface area (Å²) in [5.74, 6) is 1.34. The van der Waals surface area contributed by atoms with Crippen LogP contribution in [0.15, 0.2) is 40.6 Å². The lowest BCUT2D eigenvalue weighted by Crippen LogP contribution is -2.34. The molecule has 1 saturated heterocycles. The Bertz CT molecular complexity index is 1460. The third-order valence-electron chi connectivity index (χ3n) is 6.50. The number of rotatable bonds is 7. The number of pyridine rings is 1. The van der Waals surface area contributed by atoms with E-state index in [1.807, 2.05) is 43.4 Å². The summed E-state index contributed by atoms with van der Waals surface area (Å²) in [7, 11) is 5.57. The molecule has 36 heavy (non-hydrogen) atoms. The van der Waals surface area contributed by atoms with Crippen molar-refractivity contribution in [2.24, 2.45) is 0 Å². The number of furan rings is 1. The Kier molecular flexibility index (Phi) is 6.59. The fourth-order valence-electron chi connectivity index (χ4n) is 4.56. The van der Waals surface area contributed by atoms with Crippen molar-refractivity contribution in [3.8, 4) is 17.7 Å². The number of likely N-dealkylation sites (N-methyl/N-ethyl adjacent to an activating group) is 2. The van der Waals surface area contributed by atoms with Crippen LogP contribution in [-0.4, -0.2) is 82.7 Å². The maximum atomic E-state index is 12.8. The molecule has 0 atom stereocenters. The molecule has 4 aromatic heterocycles. The Morgan fingerprint density at radius 2 is 2.06 bits per heavy atom. The average Bonchev–Trinajstić information content (AvgIpc) is 3.63. The average molecular weight is 488 g/mol. The molecule has 1 N–H and O–H groups in total. The van der Waals surface area contributed by atoms with Crippen LogP contribution in [0.2, 0.25) is 0 Å². The highest BCUT2D eigenvalue weighted by Crippen LogP contribution is 2.36. The van der Waals surface area contributed by atoms with Gasteiger partial charge in [0.2, 0.25) is 0 Å². The molecule has 4 aromatic rings. The minimum Gasteiger partial charge on any atom is -0.453 e. The first-order chi connectivity index (χ1) is 17.5. The van der Waals surface area contributed by atoms with Crippen LogP contribution < -0.4 is 0 Å². The maximum Gasteiger partial charge on any atom is 0.264 e. The number of amides is 1. The summed E-state index contributed by atoms with van der Waals surface area (Å²) in [6.07, 6.45) is 6.88. The largest absolute Gasteiger partial charge is 0.453 e. The van der Waals surface area contributed by atoms with Gasteiger partial charge < -0.3 is 28.5 Å². The number of aromatic amines is 1. The van der Waals surface area contributed by atoms with E-state index in [0.717, 1.165) is 34.9 Å². The second-order valence-electron chi connectivity index (χ2n) is 9.28. The second kappa shape index (κ2) is 9.97. The third-order valence-corrected chi connectivity index (χ3v) is 6.50. The van der Waals surface area contributed by atoms with E-state index in [1.165, 1.54) is 6.08 Å². The zero-order valence-corrected chi connectivity index (χ0v) is 20.7. The lowest BCUT2D eigenvalue weighted by molar-refractivity contribution is -0.125. The number of carbonyl (C=O) groups is 1. The van der Waals surface area contributed by atoms with E-state index in [2.05, 4.69) is 14.5 Å². The first-order valence-electron chi connectivity index (χ1n) is 12.0. The summed E-state index contributed by atoms with van der Waals surface area (Å²) in [6.45, 7) is 2.60. The highest BCUT2D eigenvalue weighted by molar-refractivity contribution is 6.03. The van der Waals surface area contributed by atoms with Gasteiger partial charge in [0, 0.05) is 57.1 Å². The van der Waals surface area contributed by atoms with Crippen LogP contribution in [0.1, 0.15) is 24.6 Å². The molecular formula is C26H29N7O3. The van der Waals surface area contributed by atoms with Gasteiger partial charge in [0.1, 0.15) is 28.6 Å². The molecule has 10 heteroatoms. The highest BCUT2D eigenvalue weighted by atomic mass is 16.5. The lowest BCUT2D eigenvalue weighted by atomic mass is 10.1. The van der Waals surface area contributed by atoms with Gasteiger partial charge in [0.25, 0.3) is 5.91 Å². The Morgan fingerprint density at radius 1 is 1.25 bits per heavy atom. The van der Waals surface area contributed by atoms with Crippen molar-refractivity contribution in [2.45, 2.75) is 18.9 Å². The molecule has 0 radical (unpaired) electrons. The fraction of sp³-hybridized carbons (Fsp3) is 0.385. The Balaban J connectivity index is 1.53. The number of aromatic nitrogens is 4. The molecule has 5 rings (SSSR count). The predicted molar refractivity (Wildman–Crippen MR) is 136 cm³/mol. The molecule has 0 aromatic carbocycles. The first kappa shape index (κ1) is 23.8. The van der Waals surface area contributed by atoms with E-state index in [-0.39, 0.29) is 17.5 Å². The first-order valence-corrected chi connectivity index (χ1v) is 12.0. The van der Waals surface area contributed by atoms with E-state index < -0.39 is 0 Å². The van der Waals surface area contributed by atoms with Crippen molar-refractivity contribution < 1.29 is 13.9 Å². The summed E-state index contributed by atoms with van der Waals surface area (Å²) >= 11 is 0. The molecule has 1 fully saturated rings. The van der Waals surface area contributed by atoms with Crippen LogP contribution in [-0.2, 0) is 9.53 Å². The number of H-pyrrole nitrogens is 1. The van der Waals surface area contributed by atoms with Crippen molar-refractivity contribution in [2.75, 3.05) is 47.4 Å². The number of fused-ring (bicyclic) bond motifs is 3. The molecule has 0 spiro atoms. The van der Waals surface area contributed by atoms with E-state index in [4.69, 9.17) is 14.1 Å². The summed E-state index contributed by atoms with van der Waals surface area (Å²) in [5.41, 5.74) is 2.62. The van der Waals surface area contributed by atoms with Gasteiger partial charge in [-0.3, -0.25) is 4.79 Å².